The molecule has 0 aliphatic carbocycles. The van der Waals surface area contributed by atoms with E-state index < -0.39 is 0 Å². The van der Waals surface area contributed by atoms with Crippen molar-refractivity contribution in [1.29, 1.82) is 0 Å². The minimum absolute atomic E-state index is 0.819. The van der Waals surface area contributed by atoms with Crippen LogP contribution in [0.2, 0.25) is 0 Å². The molecule has 0 radical (unpaired) electrons. The van der Waals surface area contributed by atoms with E-state index >= 15 is 0 Å². The second-order valence-electron chi connectivity index (χ2n) is 5.96. The van der Waals surface area contributed by atoms with Gasteiger partial charge in [0.25, 0.3) is 0 Å². The van der Waals surface area contributed by atoms with Gasteiger partial charge in [-0.3, -0.25) is 9.88 Å². The summed E-state index contributed by atoms with van der Waals surface area (Å²) >= 11 is 3.58. The maximum absolute atomic E-state index is 4.79. The fraction of sp³-hybridized carbons (Fsp3) is 0.211. The van der Waals surface area contributed by atoms with Gasteiger partial charge in [0.15, 0.2) is 5.82 Å². The molecular weight excluding hydrogens is 364 g/mol. The Balaban J connectivity index is 1.53. The lowest BCUT2D eigenvalue weighted by Crippen LogP contribution is -2.31. The largest absolute Gasteiger partial charge is 0.294 e. The smallest absolute Gasteiger partial charge is 0.159 e. The highest BCUT2D eigenvalue weighted by Crippen LogP contribution is 2.23. The van der Waals surface area contributed by atoms with Crippen molar-refractivity contribution >= 4 is 15.9 Å². The van der Waals surface area contributed by atoms with Gasteiger partial charge in [0.05, 0.1) is 5.69 Å². The third kappa shape index (κ3) is 3.23. The first kappa shape index (κ1) is 15.4. The van der Waals surface area contributed by atoms with Gasteiger partial charge in [0.2, 0.25) is 0 Å². The second-order valence-corrected chi connectivity index (χ2v) is 6.81. The van der Waals surface area contributed by atoms with E-state index in [0.29, 0.717) is 0 Å². The van der Waals surface area contributed by atoms with Crippen molar-refractivity contribution in [3.63, 3.8) is 0 Å². The summed E-state index contributed by atoms with van der Waals surface area (Å²) in [7, 11) is 0. The molecule has 2 aromatic heterocycles. The van der Waals surface area contributed by atoms with Gasteiger partial charge in [0.1, 0.15) is 0 Å². The summed E-state index contributed by atoms with van der Waals surface area (Å²) in [4.78, 5) is 15.9. The van der Waals surface area contributed by atoms with Gasteiger partial charge in [-0.2, -0.15) is 0 Å². The average molecular weight is 381 g/mol. The van der Waals surface area contributed by atoms with Crippen molar-refractivity contribution in [2.75, 3.05) is 6.54 Å². The molecule has 3 heterocycles. The van der Waals surface area contributed by atoms with Gasteiger partial charge in [-0.05, 0) is 27.6 Å². The summed E-state index contributed by atoms with van der Waals surface area (Å²) in [5.74, 6) is 0.819. The molecule has 0 unspecified atom stereocenters. The Morgan fingerprint density at radius 2 is 1.96 bits per heavy atom. The van der Waals surface area contributed by atoms with Gasteiger partial charge in [-0.15, -0.1) is 0 Å². The summed E-state index contributed by atoms with van der Waals surface area (Å²) in [5, 5.41) is 0. The van der Waals surface area contributed by atoms with Crippen LogP contribution in [0.5, 0.6) is 0 Å². The Bertz CT molecular complexity index is 851. The van der Waals surface area contributed by atoms with Gasteiger partial charge in [-0.25, -0.2) is 9.97 Å². The topological polar surface area (TPSA) is 41.9 Å². The zero-order valence-electron chi connectivity index (χ0n) is 13.2. The molecule has 0 atom stereocenters. The van der Waals surface area contributed by atoms with Crippen LogP contribution in [0.4, 0.5) is 0 Å². The van der Waals surface area contributed by atoms with Crippen molar-refractivity contribution in [3.8, 4) is 11.4 Å². The summed E-state index contributed by atoms with van der Waals surface area (Å²) in [5.41, 5.74) is 4.73. The van der Waals surface area contributed by atoms with Crippen LogP contribution in [-0.2, 0) is 19.5 Å². The molecule has 1 aromatic carbocycles. The molecule has 4 nitrogen and oxygen atoms in total. The first-order valence-electron chi connectivity index (χ1n) is 8.00. The van der Waals surface area contributed by atoms with Crippen LogP contribution >= 0.6 is 15.9 Å². The third-order valence-corrected chi connectivity index (χ3v) is 5.01. The molecule has 5 heteroatoms. The van der Waals surface area contributed by atoms with E-state index in [9.17, 15) is 0 Å². The van der Waals surface area contributed by atoms with Crippen LogP contribution in [0.15, 0.2) is 59.5 Å². The van der Waals surface area contributed by atoms with Crippen molar-refractivity contribution in [3.05, 3.63) is 76.3 Å². The molecule has 4 rings (SSSR count). The Morgan fingerprint density at radius 3 is 2.79 bits per heavy atom. The summed E-state index contributed by atoms with van der Waals surface area (Å²) in [6.45, 7) is 2.80. The van der Waals surface area contributed by atoms with Crippen LogP contribution in [-0.4, -0.2) is 26.4 Å². The summed E-state index contributed by atoms with van der Waals surface area (Å²) in [6, 6.07) is 12.2. The Labute approximate surface area is 149 Å². The molecule has 0 fully saturated rings. The number of nitrogens with zero attached hydrogens (tertiary/aromatic N) is 4. The van der Waals surface area contributed by atoms with Crippen LogP contribution in [0.1, 0.15) is 16.8 Å². The van der Waals surface area contributed by atoms with E-state index in [1.54, 1.807) is 0 Å². The molecule has 0 spiro atoms. The molecule has 0 saturated carbocycles. The van der Waals surface area contributed by atoms with Crippen LogP contribution in [0.25, 0.3) is 11.4 Å². The highest BCUT2D eigenvalue weighted by Gasteiger charge is 2.19. The normalized spacial score (nSPS) is 14.4. The number of fused-ring (bicyclic) bond motifs is 1. The number of halogens is 1. The predicted octanol–water partition coefficient (Wildman–Crippen LogP) is 3.86. The number of rotatable bonds is 3. The number of pyridine rings is 1. The Hall–Kier alpha value is -2.11. The molecular formula is C19H17BrN4. The molecule has 0 amide bonds. The van der Waals surface area contributed by atoms with E-state index in [4.69, 9.17) is 4.98 Å². The molecule has 1 aliphatic heterocycles. The molecule has 120 valence electrons. The van der Waals surface area contributed by atoms with Crippen LogP contribution in [0, 0.1) is 0 Å². The van der Waals surface area contributed by atoms with Gasteiger partial charge in [-0.1, -0.05) is 30.3 Å². The molecule has 0 N–H and O–H groups in total. The van der Waals surface area contributed by atoms with Gasteiger partial charge in [0, 0.05) is 60.2 Å². The summed E-state index contributed by atoms with van der Waals surface area (Å²) in [6.07, 6.45) is 6.63. The number of aromatic nitrogens is 3. The number of hydrogen-bond donors (Lipinski definition) is 0. The van der Waals surface area contributed by atoms with Gasteiger partial charge < -0.3 is 0 Å². The lowest BCUT2D eigenvalue weighted by atomic mass is 10.1. The maximum atomic E-state index is 4.79. The van der Waals surface area contributed by atoms with Crippen molar-refractivity contribution in [1.82, 2.24) is 19.9 Å². The van der Waals surface area contributed by atoms with Crippen molar-refractivity contribution in [2.45, 2.75) is 19.5 Å². The first-order chi connectivity index (χ1) is 11.8. The highest BCUT2D eigenvalue weighted by molar-refractivity contribution is 9.10. The predicted molar refractivity (Wildman–Crippen MR) is 97.2 cm³/mol. The van der Waals surface area contributed by atoms with Crippen LogP contribution < -0.4 is 0 Å². The van der Waals surface area contributed by atoms with E-state index in [-0.39, 0.29) is 0 Å². The third-order valence-electron chi connectivity index (χ3n) is 4.30. The quantitative estimate of drug-likeness (QED) is 0.691. The van der Waals surface area contributed by atoms with E-state index in [1.165, 1.54) is 16.8 Å². The van der Waals surface area contributed by atoms with Crippen molar-refractivity contribution in [2.24, 2.45) is 0 Å². The summed E-state index contributed by atoms with van der Waals surface area (Å²) < 4.78 is 1.06. The lowest BCUT2D eigenvalue weighted by Gasteiger charge is -2.28. The number of benzene rings is 1. The molecule has 1 aliphatic rings. The molecule has 3 aromatic rings. The second kappa shape index (κ2) is 6.79. The zero-order chi connectivity index (χ0) is 16.4. The Kier molecular flexibility index (Phi) is 4.36. The minimum atomic E-state index is 0.819. The SMILES string of the molecule is Brc1cnccc1CN1CCc2nc(-c3ccccc3)ncc2C1. The molecule has 0 bridgehead atoms. The first-order valence-corrected chi connectivity index (χ1v) is 8.80. The van der Waals surface area contributed by atoms with E-state index in [1.807, 2.05) is 36.8 Å². The minimum Gasteiger partial charge on any atom is -0.294 e. The molecule has 0 saturated heterocycles. The molecule has 24 heavy (non-hydrogen) atoms. The Morgan fingerprint density at radius 1 is 1.08 bits per heavy atom. The lowest BCUT2D eigenvalue weighted by molar-refractivity contribution is 0.242. The standard InChI is InChI=1S/C19H17BrN4/c20-17-11-21-8-6-15(17)12-24-9-7-18-16(13-24)10-22-19(23-18)14-4-2-1-3-5-14/h1-6,8,10-11H,7,9,12-13H2. The van der Waals surface area contributed by atoms with Crippen LogP contribution in [0.3, 0.4) is 0 Å². The fourth-order valence-electron chi connectivity index (χ4n) is 3.01. The maximum Gasteiger partial charge on any atom is 0.159 e. The highest BCUT2D eigenvalue weighted by atomic mass is 79.9. The fourth-order valence-corrected chi connectivity index (χ4v) is 3.38. The number of hydrogen-bond acceptors (Lipinski definition) is 4. The zero-order valence-corrected chi connectivity index (χ0v) is 14.8. The van der Waals surface area contributed by atoms with E-state index in [2.05, 4.69) is 49.0 Å². The average Bonchev–Trinajstić information content (AvgIpc) is 2.64. The van der Waals surface area contributed by atoms with Crippen molar-refractivity contribution < 1.29 is 0 Å². The van der Waals surface area contributed by atoms with Gasteiger partial charge >= 0.3 is 0 Å². The van der Waals surface area contributed by atoms with E-state index in [0.717, 1.165) is 41.9 Å². The monoisotopic (exact) mass is 380 g/mol.